The van der Waals surface area contributed by atoms with Crippen LogP contribution in [0.1, 0.15) is 30.4 Å². The minimum atomic E-state index is -0.0810. The maximum absolute atomic E-state index is 11.5. The number of amides is 1. The molecule has 0 radical (unpaired) electrons. The maximum Gasteiger partial charge on any atom is 0.258 e. The maximum atomic E-state index is 11.5. The predicted molar refractivity (Wildman–Crippen MR) is 87.5 cm³/mol. The molecule has 20 heavy (non-hydrogen) atoms. The molecule has 0 atom stereocenters. The first kappa shape index (κ1) is 15.6. The summed E-state index contributed by atoms with van der Waals surface area (Å²) in [4.78, 5) is 11.5. The van der Waals surface area contributed by atoms with Gasteiger partial charge in [0.05, 0.1) is 4.58 Å². The summed E-state index contributed by atoms with van der Waals surface area (Å²) < 4.78 is 6.03. The molecule has 1 aliphatic rings. The van der Waals surface area contributed by atoms with Crippen molar-refractivity contribution in [3.63, 3.8) is 0 Å². The topological polar surface area (TPSA) is 38.3 Å². The molecule has 3 nitrogen and oxygen atoms in total. The Morgan fingerprint density at radius 1 is 1.30 bits per heavy atom. The van der Waals surface area contributed by atoms with Gasteiger partial charge >= 0.3 is 0 Å². The molecule has 110 valence electrons. The van der Waals surface area contributed by atoms with Gasteiger partial charge in [-0.25, -0.2) is 0 Å². The Labute approximate surface area is 129 Å². The van der Waals surface area contributed by atoms with Crippen LogP contribution in [0.5, 0.6) is 5.75 Å². The molecular formula is C15H21NO2S2. The average Bonchev–Trinajstić information content (AvgIpc) is 2.46. The standard InChI is InChI=1S/C15H21NO2S2/c1-11(2)16-14(17)10-18-13-6-4-12(5-7-13)15-19-8-3-9-20-15/h4-7,11,15H,3,8-10H2,1-2H3,(H,16,17). The predicted octanol–water partition coefficient (Wildman–Crippen LogP) is 3.46. The summed E-state index contributed by atoms with van der Waals surface area (Å²) >= 11 is 4.01. The third-order valence-electron chi connectivity index (χ3n) is 2.80. The lowest BCUT2D eigenvalue weighted by molar-refractivity contribution is -0.123. The van der Waals surface area contributed by atoms with E-state index in [0.29, 0.717) is 4.58 Å². The molecule has 1 saturated heterocycles. The Hall–Kier alpha value is -0.810. The number of carbonyl (C=O) groups is 1. The van der Waals surface area contributed by atoms with E-state index in [9.17, 15) is 4.79 Å². The molecule has 1 heterocycles. The van der Waals surface area contributed by atoms with Crippen LogP contribution in [-0.4, -0.2) is 30.1 Å². The third kappa shape index (κ3) is 4.94. The summed E-state index contributed by atoms with van der Waals surface area (Å²) in [6.07, 6.45) is 1.30. The van der Waals surface area contributed by atoms with Gasteiger partial charge in [-0.05, 0) is 49.5 Å². The summed E-state index contributed by atoms with van der Waals surface area (Å²) in [6.45, 7) is 3.95. The number of benzene rings is 1. The number of nitrogens with one attached hydrogen (secondary N) is 1. The van der Waals surface area contributed by atoms with Crippen molar-refractivity contribution in [1.29, 1.82) is 0 Å². The van der Waals surface area contributed by atoms with Crippen LogP contribution in [-0.2, 0) is 4.79 Å². The molecule has 1 amide bonds. The van der Waals surface area contributed by atoms with E-state index in [1.54, 1.807) is 0 Å². The largest absolute Gasteiger partial charge is 0.484 e. The van der Waals surface area contributed by atoms with Gasteiger partial charge in [0, 0.05) is 6.04 Å². The second-order valence-corrected chi connectivity index (χ2v) is 7.73. The lowest BCUT2D eigenvalue weighted by Gasteiger charge is -2.21. The zero-order valence-corrected chi connectivity index (χ0v) is 13.6. The van der Waals surface area contributed by atoms with Crippen LogP contribution in [0.15, 0.2) is 24.3 Å². The van der Waals surface area contributed by atoms with E-state index in [2.05, 4.69) is 17.4 Å². The smallest absolute Gasteiger partial charge is 0.258 e. The molecule has 2 rings (SSSR count). The van der Waals surface area contributed by atoms with Crippen LogP contribution in [0.4, 0.5) is 0 Å². The van der Waals surface area contributed by atoms with Crippen molar-refractivity contribution in [2.24, 2.45) is 0 Å². The molecule has 0 unspecified atom stereocenters. The molecule has 0 spiro atoms. The molecule has 0 bridgehead atoms. The van der Waals surface area contributed by atoms with E-state index in [4.69, 9.17) is 4.74 Å². The van der Waals surface area contributed by atoms with E-state index in [0.717, 1.165) is 5.75 Å². The molecule has 5 heteroatoms. The Morgan fingerprint density at radius 2 is 1.95 bits per heavy atom. The fourth-order valence-electron chi connectivity index (χ4n) is 1.91. The lowest BCUT2D eigenvalue weighted by Crippen LogP contribution is -2.34. The van der Waals surface area contributed by atoms with Gasteiger partial charge in [-0.15, -0.1) is 23.5 Å². The second kappa shape index (κ2) is 7.84. The summed E-state index contributed by atoms with van der Waals surface area (Å²) in [5.74, 6) is 3.15. The molecule has 0 aliphatic carbocycles. The molecule has 0 saturated carbocycles. The Morgan fingerprint density at radius 3 is 2.55 bits per heavy atom. The van der Waals surface area contributed by atoms with Gasteiger partial charge in [0.1, 0.15) is 5.75 Å². The minimum absolute atomic E-state index is 0.0739. The van der Waals surface area contributed by atoms with Gasteiger partial charge in [0.25, 0.3) is 5.91 Å². The van der Waals surface area contributed by atoms with Crippen LogP contribution >= 0.6 is 23.5 Å². The average molecular weight is 311 g/mol. The molecule has 1 aliphatic heterocycles. The Bertz CT molecular complexity index is 428. The number of rotatable bonds is 5. The highest BCUT2D eigenvalue weighted by atomic mass is 32.2. The number of thioether (sulfide) groups is 2. The van der Waals surface area contributed by atoms with E-state index in [1.165, 1.54) is 23.5 Å². The Kier molecular flexibility index (Phi) is 6.10. The fourth-order valence-corrected chi connectivity index (χ4v) is 4.81. The molecule has 1 aromatic rings. The summed E-state index contributed by atoms with van der Waals surface area (Å²) in [5, 5.41) is 2.81. The normalized spacial score (nSPS) is 16.1. The monoisotopic (exact) mass is 311 g/mol. The van der Waals surface area contributed by atoms with E-state index in [1.807, 2.05) is 49.5 Å². The molecule has 1 aromatic carbocycles. The first-order valence-electron chi connectivity index (χ1n) is 6.90. The van der Waals surface area contributed by atoms with Gasteiger partial charge in [0.2, 0.25) is 0 Å². The van der Waals surface area contributed by atoms with Gasteiger partial charge in [-0.1, -0.05) is 12.1 Å². The number of ether oxygens (including phenoxy) is 1. The minimum Gasteiger partial charge on any atom is -0.484 e. The number of hydrogen-bond donors (Lipinski definition) is 1. The van der Waals surface area contributed by atoms with Gasteiger partial charge in [0.15, 0.2) is 6.61 Å². The summed E-state index contributed by atoms with van der Waals surface area (Å²) in [7, 11) is 0. The summed E-state index contributed by atoms with van der Waals surface area (Å²) in [6, 6.07) is 8.26. The molecular weight excluding hydrogens is 290 g/mol. The van der Waals surface area contributed by atoms with E-state index >= 15 is 0 Å². The number of hydrogen-bond acceptors (Lipinski definition) is 4. The van der Waals surface area contributed by atoms with Crippen molar-refractivity contribution in [2.75, 3.05) is 18.1 Å². The Balaban J connectivity index is 1.83. The van der Waals surface area contributed by atoms with Crippen molar-refractivity contribution in [1.82, 2.24) is 5.32 Å². The highest BCUT2D eigenvalue weighted by Gasteiger charge is 2.16. The second-order valence-electron chi connectivity index (χ2n) is 5.01. The van der Waals surface area contributed by atoms with Crippen LogP contribution in [0, 0.1) is 0 Å². The van der Waals surface area contributed by atoms with Crippen molar-refractivity contribution in [3.05, 3.63) is 29.8 Å². The number of carbonyl (C=O) groups excluding carboxylic acids is 1. The van der Waals surface area contributed by atoms with Crippen LogP contribution in [0.3, 0.4) is 0 Å². The molecule has 0 aromatic heterocycles. The lowest BCUT2D eigenvalue weighted by atomic mass is 10.2. The van der Waals surface area contributed by atoms with Crippen LogP contribution < -0.4 is 10.1 Å². The van der Waals surface area contributed by atoms with Gasteiger partial charge < -0.3 is 10.1 Å². The molecule has 1 fully saturated rings. The van der Waals surface area contributed by atoms with Crippen molar-refractivity contribution < 1.29 is 9.53 Å². The highest BCUT2D eigenvalue weighted by molar-refractivity contribution is 8.16. The van der Waals surface area contributed by atoms with Crippen molar-refractivity contribution in [2.45, 2.75) is 30.9 Å². The van der Waals surface area contributed by atoms with Gasteiger partial charge in [-0.2, -0.15) is 0 Å². The van der Waals surface area contributed by atoms with E-state index in [-0.39, 0.29) is 18.6 Å². The van der Waals surface area contributed by atoms with Crippen molar-refractivity contribution in [3.8, 4) is 5.75 Å². The third-order valence-corrected chi connectivity index (χ3v) is 5.81. The van der Waals surface area contributed by atoms with Crippen molar-refractivity contribution >= 4 is 29.4 Å². The SMILES string of the molecule is CC(C)NC(=O)COc1ccc(C2SCCCS2)cc1. The zero-order chi connectivity index (χ0) is 14.4. The summed E-state index contributed by atoms with van der Waals surface area (Å²) in [5.41, 5.74) is 1.33. The quantitative estimate of drug-likeness (QED) is 0.904. The molecule has 1 N–H and O–H groups in total. The zero-order valence-electron chi connectivity index (χ0n) is 11.9. The first-order chi connectivity index (χ1) is 9.65. The van der Waals surface area contributed by atoms with Crippen LogP contribution in [0.25, 0.3) is 0 Å². The van der Waals surface area contributed by atoms with Gasteiger partial charge in [-0.3, -0.25) is 4.79 Å². The highest BCUT2D eigenvalue weighted by Crippen LogP contribution is 2.43. The fraction of sp³-hybridized carbons (Fsp3) is 0.533. The van der Waals surface area contributed by atoms with Crippen LogP contribution in [0.2, 0.25) is 0 Å². The first-order valence-corrected chi connectivity index (χ1v) is 9.00. The van der Waals surface area contributed by atoms with E-state index < -0.39 is 0 Å².